The van der Waals surface area contributed by atoms with Crippen molar-refractivity contribution in [2.45, 2.75) is 19.1 Å². The van der Waals surface area contributed by atoms with E-state index in [4.69, 9.17) is 0 Å². The van der Waals surface area contributed by atoms with Crippen LogP contribution in [0.25, 0.3) is 11.1 Å². The van der Waals surface area contributed by atoms with Gasteiger partial charge in [0.1, 0.15) is 5.75 Å². The molecule has 4 rings (SSSR count). The number of anilines is 3. The number of benzene rings is 1. The van der Waals surface area contributed by atoms with E-state index in [1.807, 2.05) is 6.07 Å². The molecular weight excluding hydrogens is 430 g/mol. The SMILES string of the molecule is C=CC(=O)N1CC[C@H](Nc2cncc(-c3cnc(Nc4cccc(OC(F)F)c4)nc3)c2)C1. The first-order valence-corrected chi connectivity index (χ1v) is 10.3. The second-order valence-corrected chi connectivity index (χ2v) is 7.41. The first kappa shape index (κ1) is 22.1. The predicted molar refractivity (Wildman–Crippen MR) is 120 cm³/mol. The van der Waals surface area contributed by atoms with Gasteiger partial charge in [-0.25, -0.2) is 9.97 Å². The van der Waals surface area contributed by atoms with E-state index in [1.54, 1.807) is 41.8 Å². The highest BCUT2D eigenvalue weighted by Gasteiger charge is 2.24. The molecule has 0 radical (unpaired) electrons. The van der Waals surface area contributed by atoms with Gasteiger partial charge in [-0.3, -0.25) is 9.78 Å². The number of alkyl halides is 2. The first-order valence-electron chi connectivity index (χ1n) is 10.3. The van der Waals surface area contributed by atoms with Crippen LogP contribution >= 0.6 is 0 Å². The van der Waals surface area contributed by atoms with Gasteiger partial charge >= 0.3 is 6.61 Å². The number of nitrogens with one attached hydrogen (secondary N) is 2. The fourth-order valence-electron chi connectivity index (χ4n) is 3.54. The Hall–Kier alpha value is -4.08. The number of aromatic nitrogens is 3. The van der Waals surface area contributed by atoms with Crippen molar-refractivity contribution in [3.8, 4) is 16.9 Å². The van der Waals surface area contributed by atoms with Crippen molar-refractivity contribution >= 4 is 23.2 Å². The molecule has 0 saturated carbocycles. The number of hydrogen-bond donors (Lipinski definition) is 2. The van der Waals surface area contributed by atoms with Gasteiger partial charge in [-0.2, -0.15) is 8.78 Å². The van der Waals surface area contributed by atoms with Gasteiger partial charge < -0.3 is 20.3 Å². The van der Waals surface area contributed by atoms with Crippen LogP contribution in [-0.2, 0) is 4.79 Å². The summed E-state index contributed by atoms with van der Waals surface area (Å²) < 4.78 is 29.2. The van der Waals surface area contributed by atoms with E-state index in [1.165, 1.54) is 18.2 Å². The molecule has 1 amide bonds. The minimum absolute atomic E-state index is 0.0428. The lowest BCUT2D eigenvalue weighted by atomic mass is 10.1. The largest absolute Gasteiger partial charge is 0.435 e. The number of halogens is 2. The zero-order chi connectivity index (χ0) is 23.2. The summed E-state index contributed by atoms with van der Waals surface area (Å²) >= 11 is 0. The van der Waals surface area contributed by atoms with E-state index in [9.17, 15) is 13.6 Å². The number of amides is 1. The van der Waals surface area contributed by atoms with Crippen molar-refractivity contribution in [1.82, 2.24) is 19.9 Å². The van der Waals surface area contributed by atoms with Crippen molar-refractivity contribution in [1.29, 1.82) is 0 Å². The van der Waals surface area contributed by atoms with Crippen LogP contribution in [0.4, 0.5) is 26.1 Å². The topological polar surface area (TPSA) is 92.3 Å². The summed E-state index contributed by atoms with van der Waals surface area (Å²) in [7, 11) is 0. The monoisotopic (exact) mass is 452 g/mol. The Bertz CT molecular complexity index is 1130. The van der Waals surface area contributed by atoms with Crippen molar-refractivity contribution in [3.63, 3.8) is 0 Å². The third kappa shape index (κ3) is 5.79. The zero-order valence-corrected chi connectivity index (χ0v) is 17.6. The molecule has 10 heteroatoms. The molecule has 1 saturated heterocycles. The number of likely N-dealkylation sites (tertiary alicyclic amines) is 1. The van der Waals surface area contributed by atoms with Gasteiger partial charge in [0.2, 0.25) is 11.9 Å². The number of carbonyl (C=O) groups excluding carboxylic acids is 1. The van der Waals surface area contributed by atoms with Crippen molar-refractivity contribution < 1.29 is 18.3 Å². The smallest absolute Gasteiger partial charge is 0.387 e. The van der Waals surface area contributed by atoms with E-state index >= 15 is 0 Å². The Labute approximate surface area is 189 Å². The summed E-state index contributed by atoms with van der Waals surface area (Å²) in [5.41, 5.74) is 2.95. The van der Waals surface area contributed by atoms with Gasteiger partial charge in [0.05, 0.1) is 5.69 Å². The highest BCUT2D eigenvalue weighted by atomic mass is 19.3. The minimum atomic E-state index is -2.89. The van der Waals surface area contributed by atoms with Crippen LogP contribution in [0.1, 0.15) is 6.42 Å². The van der Waals surface area contributed by atoms with E-state index in [0.717, 1.165) is 23.2 Å². The van der Waals surface area contributed by atoms with Gasteiger partial charge in [0, 0.05) is 66.8 Å². The van der Waals surface area contributed by atoms with Crippen LogP contribution in [0.3, 0.4) is 0 Å². The Morgan fingerprint density at radius 1 is 1.15 bits per heavy atom. The summed E-state index contributed by atoms with van der Waals surface area (Å²) in [6, 6.07) is 8.25. The maximum absolute atomic E-state index is 12.4. The standard InChI is InChI=1S/C23H22F2N6O2/c1-2-21(32)31-7-6-18(14-31)29-19-8-15(10-26-13-19)16-11-27-23(28-12-16)30-17-4-3-5-20(9-17)33-22(24)25/h2-5,8-13,18,22,29H,1,6-7,14H2,(H,27,28,30)/t18-/m0/s1. The molecule has 3 heterocycles. The molecule has 1 aromatic carbocycles. The van der Waals surface area contributed by atoms with Crippen LogP contribution < -0.4 is 15.4 Å². The Kier molecular flexibility index (Phi) is 6.72. The first-order chi connectivity index (χ1) is 16.0. The van der Waals surface area contributed by atoms with Crippen LogP contribution in [-0.4, -0.2) is 51.5 Å². The zero-order valence-electron chi connectivity index (χ0n) is 17.6. The average Bonchev–Trinajstić information content (AvgIpc) is 3.27. The molecule has 3 aromatic rings. The van der Waals surface area contributed by atoms with Crippen LogP contribution in [0.5, 0.6) is 5.75 Å². The third-order valence-corrected chi connectivity index (χ3v) is 5.08. The van der Waals surface area contributed by atoms with Gasteiger partial charge in [-0.15, -0.1) is 0 Å². The molecule has 8 nitrogen and oxygen atoms in total. The molecule has 1 fully saturated rings. The van der Waals surface area contributed by atoms with Gasteiger partial charge in [-0.1, -0.05) is 12.6 Å². The molecule has 170 valence electrons. The fraction of sp³-hybridized carbons (Fsp3) is 0.217. The Morgan fingerprint density at radius 2 is 1.97 bits per heavy atom. The van der Waals surface area contributed by atoms with Crippen LogP contribution in [0.15, 0.2) is 67.8 Å². The molecule has 1 aliphatic heterocycles. The number of ether oxygens (including phenoxy) is 1. The van der Waals surface area contributed by atoms with E-state index < -0.39 is 6.61 Å². The quantitative estimate of drug-likeness (QED) is 0.498. The summed E-state index contributed by atoms with van der Waals surface area (Å²) in [4.78, 5) is 26.4. The van der Waals surface area contributed by atoms with E-state index in [-0.39, 0.29) is 17.7 Å². The second kappa shape index (κ2) is 10.0. The normalized spacial score (nSPS) is 15.4. The fourth-order valence-corrected chi connectivity index (χ4v) is 3.54. The van der Waals surface area contributed by atoms with Crippen molar-refractivity contribution in [3.05, 3.63) is 67.8 Å². The average molecular weight is 452 g/mol. The third-order valence-electron chi connectivity index (χ3n) is 5.08. The van der Waals surface area contributed by atoms with Crippen LogP contribution in [0.2, 0.25) is 0 Å². The molecule has 2 N–H and O–H groups in total. The molecule has 33 heavy (non-hydrogen) atoms. The lowest BCUT2D eigenvalue weighted by Crippen LogP contribution is -2.30. The molecule has 0 spiro atoms. The highest BCUT2D eigenvalue weighted by Crippen LogP contribution is 2.24. The Morgan fingerprint density at radius 3 is 2.73 bits per heavy atom. The Balaban J connectivity index is 1.40. The lowest BCUT2D eigenvalue weighted by Gasteiger charge is -2.16. The van der Waals surface area contributed by atoms with E-state index in [2.05, 4.69) is 36.9 Å². The summed E-state index contributed by atoms with van der Waals surface area (Å²) in [6.45, 7) is 1.94. The van der Waals surface area contributed by atoms with E-state index in [0.29, 0.717) is 24.7 Å². The van der Waals surface area contributed by atoms with Gasteiger partial charge in [0.15, 0.2) is 0 Å². The number of pyridine rings is 1. The van der Waals surface area contributed by atoms with Gasteiger partial charge in [0.25, 0.3) is 0 Å². The molecule has 2 aromatic heterocycles. The van der Waals surface area contributed by atoms with Crippen molar-refractivity contribution in [2.24, 2.45) is 0 Å². The number of carbonyl (C=O) groups is 1. The van der Waals surface area contributed by atoms with Crippen molar-refractivity contribution in [2.75, 3.05) is 23.7 Å². The molecular formula is C23H22F2N6O2. The van der Waals surface area contributed by atoms with Crippen LogP contribution in [0, 0.1) is 0 Å². The predicted octanol–water partition coefficient (Wildman–Crippen LogP) is 4.08. The lowest BCUT2D eigenvalue weighted by molar-refractivity contribution is -0.125. The minimum Gasteiger partial charge on any atom is -0.435 e. The summed E-state index contributed by atoms with van der Waals surface area (Å²) in [6.07, 6.45) is 8.91. The second-order valence-electron chi connectivity index (χ2n) is 7.41. The molecule has 1 aliphatic rings. The van der Waals surface area contributed by atoms with Gasteiger partial charge in [-0.05, 0) is 30.7 Å². The molecule has 0 aliphatic carbocycles. The molecule has 0 bridgehead atoms. The number of hydrogen-bond acceptors (Lipinski definition) is 7. The summed E-state index contributed by atoms with van der Waals surface area (Å²) in [5, 5.41) is 6.37. The molecule has 1 atom stereocenters. The maximum Gasteiger partial charge on any atom is 0.387 e. The molecule has 0 unspecified atom stereocenters. The maximum atomic E-state index is 12.4. The highest BCUT2D eigenvalue weighted by molar-refractivity contribution is 5.87. The summed E-state index contributed by atoms with van der Waals surface area (Å²) in [5.74, 6) is 0.291. The number of nitrogens with zero attached hydrogens (tertiary/aromatic N) is 4. The number of rotatable bonds is 8.